The van der Waals surface area contributed by atoms with Crippen LogP contribution in [0.15, 0.2) is 23.2 Å². The molecular formula is C14H13NO7-2. The number of fused-ring (bicyclic) bond motifs is 1. The van der Waals surface area contributed by atoms with Gasteiger partial charge < -0.3 is 29.2 Å². The number of Topliss-reactive ketones (excluding diaryl/α,β-unsaturated/α-hetero) is 1. The number of ketones is 1. The lowest BCUT2D eigenvalue weighted by atomic mass is 10.1. The van der Waals surface area contributed by atoms with Crippen LogP contribution in [-0.2, 0) is 16.1 Å². The Morgan fingerprint density at radius 1 is 1.36 bits per heavy atom. The van der Waals surface area contributed by atoms with E-state index in [-0.39, 0.29) is 6.61 Å². The lowest BCUT2D eigenvalue weighted by molar-refractivity contribution is -0.297. The van der Waals surface area contributed by atoms with Crippen molar-refractivity contribution in [1.82, 2.24) is 0 Å². The van der Waals surface area contributed by atoms with Gasteiger partial charge in [-0.15, -0.1) is 0 Å². The van der Waals surface area contributed by atoms with E-state index in [0.717, 1.165) is 0 Å². The van der Waals surface area contributed by atoms with Gasteiger partial charge >= 0.3 is 0 Å². The minimum absolute atomic E-state index is 0.285. The fourth-order valence-electron chi connectivity index (χ4n) is 1.84. The van der Waals surface area contributed by atoms with Crippen LogP contribution in [0.3, 0.4) is 0 Å². The molecule has 8 heteroatoms. The van der Waals surface area contributed by atoms with Gasteiger partial charge in [-0.3, -0.25) is 9.79 Å². The summed E-state index contributed by atoms with van der Waals surface area (Å²) in [7, 11) is 0. The number of hydrogen-bond acceptors (Lipinski definition) is 8. The van der Waals surface area contributed by atoms with Crippen LogP contribution in [0.25, 0.3) is 0 Å². The first-order chi connectivity index (χ1) is 10.3. The first kappa shape index (κ1) is 15.8. The summed E-state index contributed by atoms with van der Waals surface area (Å²) >= 11 is 0. The second-order valence-corrected chi connectivity index (χ2v) is 4.97. The molecule has 0 amide bonds. The Morgan fingerprint density at radius 3 is 2.77 bits per heavy atom. The van der Waals surface area contributed by atoms with Crippen molar-refractivity contribution < 1.29 is 34.0 Å². The molecule has 1 aromatic carbocycles. The van der Waals surface area contributed by atoms with Crippen molar-refractivity contribution in [1.29, 1.82) is 0 Å². The van der Waals surface area contributed by atoms with E-state index in [1.165, 1.54) is 6.07 Å². The van der Waals surface area contributed by atoms with Crippen molar-refractivity contribution in [2.24, 2.45) is 4.99 Å². The van der Waals surface area contributed by atoms with Crippen molar-refractivity contribution in [3.8, 4) is 5.75 Å². The van der Waals surface area contributed by atoms with Crippen molar-refractivity contribution in [3.63, 3.8) is 0 Å². The quantitative estimate of drug-likeness (QED) is 0.322. The van der Waals surface area contributed by atoms with Crippen molar-refractivity contribution in [3.05, 3.63) is 29.3 Å². The van der Waals surface area contributed by atoms with Gasteiger partial charge in [0.1, 0.15) is 12.3 Å². The van der Waals surface area contributed by atoms with E-state index in [1.54, 1.807) is 26.0 Å². The van der Waals surface area contributed by atoms with Gasteiger partial charge in [-0.05, 0) is 18.2 Å². The van der Waals surface area contributed by atoms with Crippen LogP contribution in [0.2, 0.25) is 0 Å². The molecule has 1 aromatic rings. The molecule has 0 atom stereocenters. The van der Waals surface area contributed by atoms with E-state index in [4.69, 9.17) is 9.47 Å². The highest BCUT2D eigenvalue weighted by atomic mass is 16.7. The normalized spacial score (nSPS) is 16.4. The lowest BCUT2D eigenvalue weighted by Crippen LogP contribution is -2.35. The molecule has 0 saturated heterocycles. The van der Waals surface area contributed by atoms with E-state index in [0.29, 0.717) is 16.9 Å². The molecule has 0 saturated carbocycles. The largest absolute Gasteiger partial charge is 0.521 e. The molecule has 1 aliphatic rings. The number of carboxylic acid groups (broad SMARTS) is 1. The van der Waals surface area contributed by atoms with Gasteiger partial charge in [-0.1, -0.05) is 0 Å². The second-order valence-electron chi connectivity index (χ2n) is 4.97. The van der Waals surface area contributed by atoms with Crippen LogP contribution < -0.4 is 14.9 Å². The van der Waals surface area contributed by atoms with E-state index < -0.39 is 30.4 Å². The average molecular weight is 307 g/mol. The van der Waals surface area contributed by atoms with Gasteiger partial charge in [0, 0.05) is 25.0 Å². The fraction of sp³-hybridized carbons (Fsp3) is 0.357. The molecular weight excluding hydrogens is 294 g/mol. The van der Waals surface area contributed by atoms with Gasteiger partial charge in [0.15, 0.2) is 11.9 Å². The Hall–Kier alpha value is -2.61. The minimum atomic E-state index is -2.02. The van der Waals surface area contributed by atoms with Crippen LogP contribution in [0.1, 0.15) is 29.8 Å². The van der Waals surface area contributed by atoms with E-state index in [1.807, 2.05) is 0 Å². The molecule has 22 heavy (non-hydrogen) atoms. The van der Waals surface area contributed by atoms with Crippen LogP contribution >= 0.6 is 0 Å². The SMILES string of the molecule is CC1(C)OCc2cc(C(=O)CN=C([O-])OC(=O)[O-])ccc2O1. The molecule has 0 spiro atoms. The summed E-state index contributed by atoms with van der Waals surface area (Å²) in [6.45, 7) is 3.30. The lowest BCUT2D eigenvalue weighted by Gasteiger charge is -2.32. The second kappa shape index (κ2) is 6.02. The maximum Gasteiger partial charge on any atom is 0.258 e. The highest BCUT2D eigenvalue weighted by molar-refractivity contribution is 5.98. The number of carbonyl (C=O) groups is 2. The van der Waals surface area contributed by atoms with Crippen LogP contribution in [0.4, 0.5) is 4.79 Å². The third-order valence-corrected chi connectivity index (χ3v) is 2.84. The van der Waals surface area contributed by atoms with Crippen molar-refractivity contribution in [2.45, 2.75) is 26.2 Å². The summed E-state index contributed by atoms with van der Waals surface area (Å²) in [5, 5.41) is 20.9. The minimum Gasteiger partial charge on any atom is -0.521 e. The number of hydrogen-bond donors (Lipinski definition) is 0. The summed E-state index contributed by atoms with van der Waals surface area (Å²) in [5.74, 6) is -0.591. The van der Waals surface area contributed by atoms with E-state index >= 15 is 0 Å². The van der Waals surface area contributed by atoms with Gasteiger partial charge in [0.25, 0.3) is 6.16 Å². The number of aliphatic imine (C=N–C) groups is 1. The van der Waals surface area contributed by atoms with Crippen LogP contribution in [0, 0.1) is 0 Å². The Morgan fingerprint density at radius 2 is 2.09 bits per heavy atom. The molecule has 0 bridgehead atoms. The Balaban J connectivity index is 2.07. The molecule has 0 aliphatic carbocycles. The highest BCUT2D eigenvalue weighted by Crippen LogP contribution is 2.31. The summed E-state index contributed by atoms with van der Waals surface area (Å²) in [6.07, 6.45) is -3.41. The summed E-state index contributed by atoms with van der Waals surface area (Å²) in [6, 6.07) is 4.74. The molecule has 1 heterocycles. The van der Waals surface area contributed by atoms with Gasteiger partial charge in [0.2, 0.25) is 5.79 Å². The molecule has 8 nitrogen and oxygen atoms in total. The predicted molar refractivity (Wildman–Crippen MR) is 69.1 cm³/mol. The molecule has 0 fully saturated rings. The smallest absolute Gasteiger partial charge is 0.258 e. The topological polar surface area (TPSA) is 120 Å². The monoisotopic (exact) mass is 307 g/mol. The molecule has 0 radical (unpaired) electrons. The Kier molecular flexibility index (Phi) is 4.32. The molecule has 0 unspecified atom stereocenters. The number of ether oxygens (including phenoxy) is 3. The van der Waals surface area contributed by atoms with Crippen LogP contribution in [0.5, 0.6) is 5.75 Å². The van der Waals surface area contributed by atoms with Crippen molar-refractivity contribution in [2.75, 3.05) is 6.54 Å². The highest BCUT2D eigenvalue weighted by Gasteiger charge is 2.27. The maximum atomic E-state index is 11.9. The zero-order valence-corrected chi connectivity index (χ0v) is 12.0. The zero-order chi connectivity index (χ0) is 16.3. The van der Waals surface area contributed by atoms with Crippen LogP contribution in [-0.4, -0.2) is 30.4 Å². The standard InChI is InChI=1S/C14H15NO7/c1-14(2)20-7-9-5-8(3-4-11(9)22-14)10(16)6-15-12(17)21-13(18)19/h3-5H,6-7H2,1-2H3,(H,15,17)(H,18,19)/p-2. The number of rotatable bonds is 3. The average Bonchev–Trinajstić information content (AvgIpc) is 2.42. The third kappa shape index (κ3) is 3.95. The van der Waals surface area contributed by atoms with Gasteiger partial charge in [0.05, 0.1) is 6.61 Å². The summed E-state index contributed by atoms with van der Waals surface area (Å²) in [4.78, 5) is 25.1. The fourth-order valence-corrected chi connectivity index (χ4v) is 1.84. The first-order valence-electron chi connectivity index (χ1n) is 6.36. The number of benzene rings is 1. The Bertz CT molecular complexity index is 636. The summed E-state index contributed by atoms with van der Waals surface area (Å²) in [5.41, 5.74) is 0.998. The van der Waals surface area contributed by atoms with Crippen molar-refractivity contribution >= 4 is 18.0 Å². The molecule has 118 valence electrons. The van der Waals surface area contributed by atoms with E-state index in [9.17, 15) is 19.8 Å². The molecule has 2 rings (SSSR count). The summed E-state index contributed by atoms with van der Waals surface area (Å²) < 4.78 is 14.7. The molecule has 1 aliphatic heterocycles. The predicted octanol–water partition coefficient (Wildman–Crippen LogP) is -0.409. The van der Waals surface area contributed by atoms with E-state index in [2.05, 4.69) is 9.73 Å². The molecule has 0 N–H and O–H groups in total. The first-order valence-corrected chi connectivity index (χ1v) is 6.36. The number of nitrogens with zero attached hydrogens (tertiary/aromatic N) is 1. The molecule has 0 aromatic heterocycles. The number of carbonyl (C=O) groups excluding carboxylic acids is 2. The Labute approximate surface area is 125 Å². The van der Waals surface area contributed by atoms with Gasteiger partial charge in [-0.2, -0.15) is 0 Å². The van der Waals surface area contributed by atoms with Gasteiger partial charge in [-0.25, -0.2) is 0 Å². The third-order valence-electron chi connectivity index (χ3n) is 2.84. The maximum absolute atomic E-state index is 11.9. The zero-order valence-electron chi connectivity index (χ0n) is 12.0.